The van der Waals surface area contributed by atoms with Crippen molar-refractivity contribution in [1.82, 2.24) is 20.4 Å². The minimum Gasteiger partial charge on any atom is -0.352 e. The molecule has 0 saturated heterocycles. The highest BCUT2D eigenvalue weighted by Crippen LogP contribution is 2.07. The molecule has 1 atom stereocenters. The van der Waals surface area contributed by atoms with Crippen molar-refractivity contribution in [2.75, 3.05) is 13.1 Å². The van der Waals surface area contributed by atoms with Gasteiger partial charge in [-0.25, -0.2) is 0 Å². The van der Waals surface area contributed by atoms with Gasteiger partial charge >= 0.3 is 0 Å². The maximum atomic E-state index is 11.9. The molecule has 1 amide bonds. The first-order valence-corrected chi connectivity index (χ1v) is 6.58. The Kier molecular flexibility index (Phi) is 5.85. The average molecular weight is 252 g/mol. The summed E-state index contributed by atoms with van der Waals surface area (Å²) in [6.07, 6.45) is 2.85. The summed E-state index contributed by atoms with van der Waals surface area (Å²) in [6.45, 7) is 8.21. The van der Waals surface area contributed by atoms with Crippen molar-refractivity contribution < 1.29 is 4.79 Å². The molecule has 1 aromatic rings. The Bertz CT molecular complexity index is 386. The van der Waals surface area contributed by atoms with Gasteiger partial charge in [-0.15, -0.1) is 0 Å². The van der Waals surface area contributed by atoms with Crippen LogP contribution in [0.4, 0.5) is 0 Å². The maximum absolute atomic E-state index is 11.9. The number of carbonyl (C=O) groups excluding carboxylic acids is 1. The zero-order chi connectivity index (χ0) is 13.5. The SMILES string of the molecule is CCNCC(C)C(=O)NCc1cn(C)nc1CC. The van der Waals surface area contributed by atoms with E-state index in [1.54, 1.807) is 4.68 Å². The molecule has 0 aliphatic carbocycles. The highest BCUT2D eigenvalue weighted by atomic mass is 16.1. The summed E-state index contributed by atoms with van der Waals surface area (Å²) in [7, 11) is 1.90. The van der Waals surface area contributed by atoms with Crippen LogP contribution in [0.1, 0.15) is 32.0 Å². The highest BCUT2D eigenvalue weighted by molar-refractivity contribution is 5.78. The molecule has 5 nitrogen and oxygen atoms in total. The molecule has 2 N–H and O–H groups in total. The number of carbonyl (C=O) groups is 1. The quantitative estimate of drug-likeness (QED) is 0.756. The third kappa shape index (κ3) is 4.14. The molecular formula is C13H24N4O. The van der Waals surface area contributed by atoms with Gasteiger partial charge in [-0.1, -0.05) is 20.8 Å². The molecule has 102 valence electrons. The molecule has 5 heteroatoms. The summed E-state index contributed by atoms with van der Waals surface area (Å²) in [6, 6.07) is 0. The number of rotatable bonds is 7. The average Bonchev–Trinajstić information content (AvgIpc) is 2.73. The zero-order valence-corrected chi connectivity index (χ0v) is 11.8. The standard InChI is InChI=1S/C13H24N4O/c1-5-12-11(9-17(4)16-12)8-15-13(18)10(3)7-14-6-2/h9-10,14H,5-8H2,1-4H3,(H,15,18). The van der Waals surface area contributed by atoms with Crippen molar-refractivity contribution in [2.45, 2.75) is 33.7 Å². The highest BCUT2D eigenvalue weighted by Gasteiger charge is 2.13. The van der Waals surface area contributed by atoms with Crippen molar-refractivity contribution in [3.8, 4) is 0 Å². The number of nitrogens with one attached hydrogen (secondary N) is 2. The minimum atomic E-state index is -0.00769. The summed E-state index contributed by atoms with van der Waals surface area (Å²) in [5.74, 6) is 0.0774. The van der Waals surface area contributed by atoms with Crippen LogP contribution in [-0.2, 0) is 24.8 Å². The Morgan fingerprint density at radius 3 is 2.83 bits per heavy atom. The van der Waals surface area contributed by atoms with E-state index in [2.05, 4.69) is 22.7 Å². The molecule has 0 fully saturated rings. The fourth-order valence-corrected chi connectivity index (χ4v) is 1.84. The Labute approximate surface area is 109 Å². The normalized spacial score (nSPS) is 12.4. The van der Waals surface area contributed by atoms with Gasteiger partial charge in [-0.05, 0) is 13.0 Å². The number of amides is 1. The number of hydrogen-bond donors (Lipinski definition) is 2. The molecule has 1 heterocycles. The van der Waals surface area contributed by atoms with Gasteiger partial charge in [0.05, 0.1) is 5.69 Å². The predicted octanol–water partition coefficient (Wildman–Crippen LogP) is 0.844. The fraction of sp³-hybridized carbons (Fsp3) is 0.692. The van der Waals surface area contributed by atoms with E-state index < -0.39 is 0 Å². The molecule has 0 aromatic carbocycles. The van der Waals surface area contributed by atoms with Crippen LogP contribution in [0.25, 0.3) is 0 Å². The Balaban J connectivity index is 2.46. The molecule has 0 aliphatic heterocycles. The Morgan fingerprint density at radius 1 is 1.50 bits per heavy atom. The summed E-state index contributed by atoms with van der Waals surface area (Å²) in [5.41, 5.74) is 2.15. The molecule has 1 unspecified atom stereocenters. The summed E-state index contributed by atoms with van der Waals surface area (Å²) < 4.78 is 1.79. The van der Waals surface area contributed by atoms with E-state index in [4.69, 9.17) is 0 Å². The second-order valence-electron chi connectivity index (χ2n) is 4.55. The van der Waals surface area contributed by atoms with Crippen LogP contribution in [-0.4, -0.2) is 28.8 Å². The van der Waals surface area contributed by atoms with Crippen LogP contribution < -0.4 is 10.6 Å². The van der Waals surface area contributed by atoms with E-state index in [9.17, 15) is 4.79 Å². The lowest BCUT2D eigenvalue weighted by Crippen LogP contribution is -2.35. The zero-order valence-electron chi connectivity index (χ0n) is 11.8. The predicted molar refractivity (Wildman–Crippen MR) is 72.1 cm³/mol. The van der Waals surface area contributed by atoms with Gasteiger partial charge in [0.15, 0.2) is 0 Å². The second-order valence-corrected chi connectivity index (χ2v) is 4.55. The van der Waals surface area contributed by atoms with Gasteiger partial charge in [-0.2, -0.15) is 5.10 Å². The third-order valence-corrected chi connectivity index (χ3v) is 2.93. The van der Waals surface area contributed by atoms with Crippen LogP contribution in [0.5, 0.6) is 0 Å². The first kappa shape index (κ1) is 14.7. The molecule has 0 radical (unpaired) electrons. The summed E-state index contributed by atoms with van der Waals surface area (Å²) in [4.78, 5) is 11.9. The van der Waals surface area contributed by atoms with Crippen molar-refractivity contribution in [1.29, 1.82) is 0 Å². The maximum Gasteiger partial charge on any atom is 0.224 e. The van der Waals surface area contributed by atoms with E-state index in [-0.39, 0.29) is 11.8 Å². The van der Waals surface area contributed by atoms with Crippen molar-refractivity contribution in [2.24, 2.45) is 13.0 Å². The van der Waals surface area contributed by atoms with Crippen molar-refractivity contribution >= 4 is 5.91 Å². The van der Waals surface area contributed by atoms with Gasteiger partial charge in [0.25, 0.3) is 0 Å². The fourth-order valence-electron chi connectivity index (χ4n) is 1.84. The van der Waals surface area contributed by atoms with E-state index in [0.717, 1.165) is 30.8 Å². The monoisotopic (exact) mass is 252 g/mol. The van der Waals surface area contributed by atoms with Gasteiger partial charge in [0.2, 0.25) is 5.91 Å². The molecule has 1 rings (SSSR count). The van der Waals surface area contributed by atoms with E-state index >= 15 is 0 Å². The molecular weight excluding hydrogens is 228 g/mol. The van der Waals surface area contributed by atoms with Crippen molar-refractivity contribution in [3.63, 3.8) is 0 Å². The van der Waals surface area contributed by atoms with Crippen LogP contribution >= 0.6 is 0 Å². The van der Waals surface area contributed by atoms with Crippen LogP contribution in [0.3, 0.4) is 0 Å². The molecule has 18 heavy (non-hydrogen) atoms. The largest absolute Gasteiger partial charge is 0.352 e. The number of aryl methyl sites for hydroxylation is 2. The number of aromatic nitrogens is 2. The Hall–Kier alpha value is -1.36. The summed E-state index contributed by atoms with van der Waals surface area (Å²) >= 11 is 0. The van der Waals surface area contributed by atoms with Gasteiger partial charge in [0.1, 0.15) is 0 Å². The Morgan fingerprint density at radius 2 is 2.22 bits per heavy atom. The van der Waals surface area contributed by atoms with E-state index in [1.807, 2.05) is 27.1 Å². The first-order valence-electron chi connectivity index (χ1n) is 6.58. The third-order valence-electron chi connectivity index (χ3n) is 2.93. The van der Waals surface area contributed by atoms with Gasteiger partial charge in [0, 0.05) is 37.8 Å². The topological polar surface area (TPSA) is 59.0 Å². The van der Waals surface area contributed by atoms with Gasteiger partial charge in [-0.3, -0.25) is 9.48 Å². The molecule has 1 aromatic heterocycles. The minimum absolute atomic E-state index is 0.00769. The number of nitrogens with zero attached hydrogens (tertiary/aromatic N) is 2. The second kappa shape index (κ2) is 7.16. The molecule has 0 spiro atoms. The lowest BCUT2D eigenvalue weighted by Gasteiger charge is -2.12. The lowest BCUT2D eigenvalue weighted by molar-refractivity contribution is -0.124. The van der Waals surface area contributed by atoms with E-state index in [1.165, 1.54) is 0 Å². The van der Waals surface area contributed by atoms with Crippen LogP contribution in [0.2, 0.25) is 0 Å². The van der Waals surface area contributed by atoms with E-state index in [0.29, 0.717) is 6.54 Å². The molecule has 0 bridgehead atoms. The molecule has 0 aliphatic rings. The van der Waals surface area contributed by atoms with Crippen LogP contribution in [0, 0.1) is 5.92 Å². The lowest BCUT2D eigenvalue weighted by atomic mass is 10.1. The smallest absolute Gasteiger partial charge is 0.224 e. The van der Waals surface area contributed by atoms with Crippen molar-refractivity contribution in [3.05, 3.63) is 17.5 Å². The molecule has 0 saturated carbocycles. The first-order chi connectivity index (χ1) is 8.58. The summed E-state index contributed by atoms with van der Waals surface area (Å²) in [5, 5.41) is 10.5. The van der Waals surface area contributed by atoms with Crippen LogP contribution in [0.15, 0.2) is 6.20 Å². The van der Waals surface area contributed by atoms with Gasteiger partial charge < -0.3 is 10.6 Å². The number of hydrogen-bond acceptors (Lipinski definition) is 3.